The van der Waals surface area contributed by atoms with E-state index in [1.54, 1.807) is 35.2 Å². The molecule has 1 rings (SSSR count). The zero-order chi connectivity index (χ0) is 23.5. The zero-order valence-corrected chi connectivity index (χ0v) is 20.5. The maximum absolute atomic E-state index is 12.2. The standard InChI is InChI=1S/C23H43N5O3S/c1-28(21-11-19-26-17-9-8-16-25-18-10-15-24)23(29)14-6-3-7-20-27-32(30,31)22-12-4-2-5-13-22/h2,4-5,12-13,25-27H,3,6-11,14-21,24H2,1H3. The van der Waals surface area contributed by atoms with Gasteiger partial charge in [0.05, 0.1) is 4.90 Å². The highest BCUT2D eigenvalue weighted by molar-refractivity contribution is 7.89. The normalized spacial score (nSPS) is 11.6. The molecular weight excluding hydrogens is 426 g/mol. The van der Waals surface area contributed by atoms with Gasteiger partial charge in [-0.3, -0.25) is 4.79 Å². The Morgan fingerprint density at radius 1 is 0.844 bits per heavy atom. The van der Waals surface area contributed by atoms with Crippen molar-refractivity contribution in [3.05, 3.63) is 30.3 Å². The van der Waals surface area contributed by atoms with Gasteiger partial charge in [0, 0.05) is 26.6 Å². The molecule has 0 saturated heterocycles. The predicted octanol–water partition coefficient (Wildman–Crippen LogP) is 1.68. The molecule has 1 aromatic rings. The number of unbranched alkanes of at least 4 members (excludes halogenated alkanes) is 3. The van der Waals surface area contributed by atoms with Crippen molar-refractivity contribution in [2.75, 3.05) is 52.9 Å². The molecule has 0 unspecified atom stereocenters. The molecule has 0 bridgehead atoms. The summed E-state index contributed by atoms with van der Waals surface area (Å²) < 4.78 is 26.9. The van der Waals surface area contributed by atoms with Crippen molar-refractivity contribution in [2.24, 2.45) is 5.73 Å². The number of carbonyl (C=O) groups is 1. The van der Waals surface area contributed by atoms with E-state index in [0.717, 1.165) is 84.2 Å². The van der Waals surface area contributed by atoms with Crippen LogP contribution in [0.3, 0.4) is 0 Å². The number of sulfonamides is 1. The molecule has 0 atom stereocenters. The van der Waals surface area contributed by atoms with Gasteiger partial charge in [0.2, 0.25) is 15.9 Å². The monoisotopic (exact) mass is 469 g/mol. The summed E-state index contributed by atoms with van der Waals surface area (Å²) >= 11 is 0. The van der Waals surface area contributed by atoms with E-state index in [4.69, 9.17) is 5.73 Å². The van der Waals surface area contributed by atoms with Gasteiger partial charge in [0.15, 0.2) is 0 Å². The molecule has 0 spiro atoms. The van der Waals surface area contributed by atoms with Crippen molar-refractivity contribution in [1.82, 2.24) is 20.3 Å². The first-order valence-electron chi connectivity index (χ1n) is 11.9. The van der Waals surface area contributed by atoms with Gasteiger partial charge in [-0.2, -0.15) is 0 Å². The van der Waals surface area contributed by atoms with Crippen molar-refractivity contribution in [3.63, 3.8) is 0 Å². The van der Waals surface area contributed by atoms with Crippen LogP contribution >= 0.6 is 0 Å². The fourth-order valence-corrected chi connectivity index (χ4v) is 4.30. The molecule has 0 fully saturated rings. The first-order chi connectivity index (χ1) is 15.5. The fourth-order valence-electron chi connectivity index (χ4n) is 3.20. The summed E-state index contributed by atoms with van der Waals surface area (Å²) in [5.74, 6) is 0.151. The third-order valence-corrected chi connectivity index (χ3v) is 6.68. The number of hydrogen-bond acceptors (Lipinski definition) is 6. The van der Waals surface area contributed by atoms with Crippen molar-refractivity contribution >= 4 is 15.9 Å². The van der Waals surface area contributed by atoms with Crippen LogP contribution in [0.4, 0.5) is 0 Å². The average molecular weight is 470 g/mol. The van der Waals surface area contributed by atoms with Crippen LogP contribution in [0, 0.1) is 0 Å². The van der Waals surface area contributed by atoms with Gasteiger partial charge < -0.3 is 21.3 Å². The van der Waals surface area contributed by atoms with Gasteiger partial charge in [-0.25, -0.2) is 13.1 Å². The minimum absolute atomic E-state index is 0.151. The summed E-state index contributed by atoms with van der Waals surface area (Å²) in [4.78, 5) is 14.3. The summed E-state index contributed by atoms with van der Waals surface area (Å²) in [6.07, 6.45) is 7.09. The Hall–Kier alpha value is -1.52. The number of benzene rings is 1. The summed E-state index contributed by atoms with van der Waals surface area (Å²) in [5, 5.41) is 6.80. The molecule has 1 amide bonds. The second-order valence-electron chi connectivity index (χ2n) is 8.04. The van der Waals surface area contributed by atoms with Crippen LogP contribution in [0.15, 0.2) is 35.2 Å². The van der Waals surface area contributed by atoms with E-state index in [9.17, 15) is 13.2 Å². The van der Waals surface area contributed by atoms with Gasteiger partial charge >= 0.3 is 0 Å². The van der Waals surface area contributed by atoms with Crippen molar-refractivity contribution < 1.29 is 13.2 Å². The molecule has 0 aliphatic carbocycles. The molecule has 0 radical (unpaired) electrons. The Morgan fingerprint density at radius 2 is 1.44 bits per heavy atom. The number of nitrogens with zero attached hydrogens (tertiary/aromatic N) is 1. The van der Waals surface area contributed by atoms with Gasteiger partial charge in [-0.05, 0) is 83.4 Å². The van der Waals surface area contributed by atoms with Crippen LogP contribution in [0.5, 0.6) is 0 Å². The van der Waals surface area contributed by atoms with Crippen LogP contribution in [-0.2, 0) is 14.8 Å². The Morgan fingerprint density at radius 3 is 2.09 bits per heavy atom. The number of hydrogen-bond donors (Lipinski definition) is 4. The molecule has 0 aliphatic heterocycles. The minimum atomic E-state index is -3.44. The fraction of sp³-hybridized carbons (Fsp3) is 0.696. The van der Waals surface area contributed by atoms with Crippen LogP contribution in [0.2, 0.25) is 0 Å². The molecule has 0 aromatic heterocycles. The van der Waals surface area contributed by atoms with Crippen molar-refractivity contribution in [2.45, 2.75) is 56.3 Å². The smallest absolute Gasteiger partial charge is 0.240 e. The van der Waals surface area contributed by atoms with Crippen molar-refractivity contribution in [3.8, 4) is 0 Å². The zero-order valence-electron chi connectivity index (χ0n) is 19.7. The number of carbonyl (C=O) groups excluding carboxylic acids is 1. The second kappa shape index (κ2) is 18.0. The number of nitrogens with one attached hydrogen (secondary N) is 3. The molecule has 8 nitrogen and oxygen atoms in total. The summed E-state index contributed by atoms with van der Waals surface area (Å²) in [6.45, 7) is 5.84. The van der Waals surface area contributed by atoms with Gasteiger partial charge in [-0.1, -0.05) is 24.6 Å². The van der Waals surface area contributed by atoms with E-state index in [2.05, 4.69) is 15.4 Å². The SMILES string of the molecule is CN(CCCNCCCCNCCCN)C(=O)CCCCCNS(=O)(=O)c1ccccc1. The lowest BCUT2D eigenvalue weighted by molar-refractivity contribution is -0.130. The quantitative estimate of drug-likeness (QED) is 0.216. The van der Waals surface area contributed by atoms with Crippen LogP contribution in [0.25, 0.3) is 0 Å². The molecule has 5 N–H and O–H groups in total. The second-order valence-corrected chi connectivity index (χ2v) is 9.81. The van der Waals surface area contributed by atoms with E-state index in [1.165, 1.54) is 0 Å². The molecule has 0 heterocycles. The average Bonchev–Trinajstić information content (AvgIpc) is 2.80. The van der Waals surface area contributed by atoms with Gasteiger partial charge in [0.25, 0.3) is 0 Å². The first kappa shape index (κ1) is 28.5. The lowest BCUT2D eigenvalue weighted by Gasteiger charge is -2.17. The molecular formula is C23H43N5O3S. The Kier molecular flexibility index (Phi) is 16.0. The third-order valence-electron chi connectivity index (χ3n) is 5.20. The van der Waals surface area contributed by atoms with Crippen molar-refractivity contribution in [1.29, 1.82) is 0 Å². The molecule has 32 heavy (non-hydrogen) atoms. The Labute approximate surface area is 194 Å². The van der Waals surface area contributed by atoms with E-state index < -0.39 is 10.0 Å². The van der Waals surface area contributed by atoms with E-state index in [1.807, 2.05) is 7.05 Å². The van der Waals surface area contributed by atoms with Crippen LogP contribution in [0.1, 0.15) is 51.4 Å². The summed E-state index contributed by atoms with van der Waals surface area (Å²) in [5.41, 5.74) is 5.45. The van der Waals surface area contributed by atoms with E-state index in [0.29, 0.717) is 13.0 Å². The maximum atomic E-state index is 12.2. The molecule has 1 aromatic carbocycles. The molecule has 9 heteroatoms. The highest BCUT2D eigenvalue weighted by Gasteiger charge is 2.12. The lowest BCUT2D eigenvalue weighted by Crippen LogP contribution is -2.30. The Balaban J connectivity index is 1.96. The van der Waals surface area contributed by atoms with E-state index in [-0.39, 0.29) is 10.8 Å². The van der Waals surface area contributed by atoms with Crippen LogP contribution < -0.4 is 21.1 Å². The predicted molar refractivity (Wildman–Crippen MR) is 131 cm³/mol. The van der Waals surface area contributed by atoms with Gasteiger partial charge in [0.1, 0.15) is 0 Å². The highest BCUT2D eigenvalue weighted by atomic mass is 32.2. The van der Waals surface area contributed by atoms with Gasteiger partial charge in [-0.15, -0.1) is 0 Å². The lowest BCUT2D eigenvalue weighted by atomic mass is 10.2. The molecule has 184 valence electrons. The highest BCUT2D eigenvalue weighted by Crippen LogP contribution is 2.08. The molecule has 0 aliphatic rings. The number of amides is 1. The summed E-state index contributed by atoms with van der Waals surface area (Å²) in [6, 6.07) is 8.36. The Bertz CT molecular complexity index is 701. The number of nitrogens with two attached hydrogens (primary N) is 1. The van der Waals surface area contributed by atoms with Crippen LogP contribution in [-0.4, -0.2) is 72.1 Å². The topological polar surface area (TPSA) is 117 Å². The summed E-state index contributed by atoms with van der Waals surface area (Å²) in [7, 11) is -1.59. The third kappa shape index (κ3) is 13.8. The number of rotatable bonds is 20. The minimum Gasteiger partial charge on any atom is -0.346 e. The van der Waals surface area contributed by atoms with E-state index >= 15 is 0 Å². The largest absolute Gasteiger partial charge is 0.346 e. The first-order valence-corrected chi connectivity index (χ1v) is 13.4. The molecule has 0 saturated carbocycles. The maximum Gasteiger partial charge on any atom is 0.240 e.